The maximum Gasteiger partial charge on any atom is 0.234 e. The number of rotatable bonds is 5. The van der Waals surface area contributed by atoms with Crippen molar-refractivity contribution in [2.45, 2.75) is 32.3 Å². The Kier molecular flexibility index (Phi) is 7.79. The highest BCUT2D eigenvalue weighted by atomic mass is 35.5. The molecule has 1 amide bonds. The fourth-order valence-electron chi connectivity index (χ4n) is 1.76. The molecule has 0 bridgehead atoms. The van der Waals surface area contributed by atoms with E-state index < -0.39 is 6.10 Å². The number of amides is 1. The van der Waals surface area contributed by atoms with E-state index in [1.807, 2.05) is 24.3 Å². The Labute approximate surface area is 127 Å². The van der Waals surface area contributed by atoms with Crippen LogP contribution in [0.1, 0.15) is 38.0 Å². The Hall–Kier alpha value is -1.10. The Morgan fingerprint density at radius 1 is 1.25 bits per heavy atom. The summed E-state index contributed by atoms with van der Waals surface area (Å²) in [6.45, 7) is 6.94. The van der Waals surface area contributed by atoms with Gasteiger partial charge in [-0.25, -0.2) is 0 Å². The number of halogens is 1. The van der Waals surface area contributed by atoms with Gasteiger partial charge in [0, 0.05) is 6.54 Å². The Morgan fingerprint density at radius 2 is 1.80 bits per heavy atom. The smallest absolute Gasteiger partial charge is 0.234 e. The number of hydrogen-bond acceptors (Lipinski definition) is 3. The highest BCUT2D eigenvalue weighted by Gasteiger charge is 2.14. The van der Waals surface area contributed by atoms with Crippen molar-refractivity contribution in [2.24, 2.45) is 0 Å². The average Bonchev–Trinajstić information content (AvgIpc) is 2.35. The molecule has 114 valence electrons. The molecular formula is C15H25ClN2O2. The topological polar surface area (TPSA) is 61.4 Å². The second kappa shape index (κ2) is 8.25. The van der Waals surface area contributed by atoms with Crippen LogP contribution in [0, 0.1) is 0 Å². The SMILES string of the molecule is CNCC(=O)NCC(O)c1ccc(C(C)(C)C)cc1.Cl. The predicted octanol–water partition coefficient (Wildman–Crippen LogP) is 1.77. The molecule has 1 aromatic rings. The summed E-state index contributed by atoms with van der Waals surface area (Å²) in [6.07, 6.45) is -0.671. The van der Waals surface area contributed by atoms with Crippen molar-refractivity contribution in [1.29, 1.82) is 0 Å². The largest absolute Gasteiger partial charge is 0.387 e. The summed E-state index contributed by atoms with van der Waals surface area (Å²) in [5.41, 5.74) is 2.14. The summed E-state index contributed by atoms with van der Waals surface area (Å²) in [4.78, 5) is 11.3. The summed E-state index contributed by atoms with van der Waals surface area (Å²) < 4.78 is 0. The lowest BCUT2D eigenvalue weighted by atomic mass is 9.86. The maximum atomic E-state index is 11.3. The van der Waals surface area contributed by atoms with Crippen molar-refractivity contribution in [3.05, 3.63) is 35.4 Å². The maximum absolute atomic E-state index is 11.3. The first-order chi connectivity index (χ1) is 8.84. The third-order valence-corrected chi connectivity index (χ3v) is 2.99. The van der Waals surface area contributed by atoms with Crippen LogP contribution in [0.2, 0.25) is 0 Å². The molecule has 0 fully saturated rings. The minimum absolute atomic E-state index is 0. The summed E-state index contributed by atoms with van der Waals surface area (Å²) in [7, 11) is 1.71. The number of benzene rings is 1. The van der Waals surface area contributed by atoms with Gasteiger partial charge >= 0.3 is 0 Å². The van der Waals surface area contributed by atoms with Crippen LogP contribution >= 0.6 is 12.4 Å². The van der Waals surface area contributed by atoms with E-state index in [1.54, 1.807) is 7.05 Å². The van der Waals surface area contributed by atoms with E-state index in [2.05, 4.69) is 31.4 Å². The predicted molar refractivity (Wildman–Crippen MR) is 84.3 cm³/mol. The van der Waals surface area contributed by atoms with E-state index in [1.165, 1.54) is 5.56 Å². The molecular weight excluding hydrogens is 276 g/mol. The van der Waals surface area contributed by atoms with Crippen LogP contribution in [-0.2, 0) is 10.2 Å². The van der Waals surface area contributed by atoms with E-state index in [9.17, 15) is 9.90 Å². The van der Waals surface area contributed by atoms with E-state index in [0.29, 0.717) is 0 Å². The molecule has 1 aromatic carbocycles. The van der Waals surface area contributed by atoms with Crippen LogP contribution in [-0.4, -0.2) is 31.2 Å². The van der Waals surface area contributed by atoms with Gasteiger partial charge in [-0.05, 0) is 23.6 Å². The molecule has 3 N–H and O–H groups in total. The van der Waals surface area contributed by atoms with Crippen LogP contribution in [0.15, 0.2) is 24.3 Å². The second-order valence-electron chi connectivity index (χ2n) is 5.72. The molecule has 1 rings (SSSR count). The van der Waals surface area contributed by atoms with E-state index in [0.717, 1.165) is 5.56 Å². The quantitative estimate of drug-likeness (QED) is 0.777. The van der Waals surface area contributed by atoms with Gasteiger partial charge < -0.3 is 15.7 Å². The van der Waals surface area contributed by atoms with Gasteiger partial charge in [-0.15, -0.1) is 12.4 Å². The van der Waals surface area contributed by atoms with Gasteiger partial charge in [0.2, 0.25) is 5.91 Å². The molecule has 0 aliphatic carbocycles. The Balaban J connectivity index is 0.00000361. The average molecular weight is 301 g/mol. The number of aliphatic hydroxyl groups excluding tert-OH is 1. The lowest BCUT2D eigenvalue weighted by Crippen LogP contribution is -2.34. The molecule has 1 atom stereocenters. The lowest BCUT2D eigenvalue weighted by molar-refractivity contribution is -0.120. The van der Waals surface area contributed by atoms with Crippen LogP contribution in [0.4, 0.5) is 0 Å². The highest BCUT2D eigenvalue weighted by molar-refractivity contribution is 5.85. The van der Waals surface area contributed by atoms with E-state index in [-0.39, 0.29) is 36.8 Å². The molecule has 20 heavy (non-hydrogen) atoms. The van der Waals surface area contributed by atoms with Crippen LogP contribution < -0.4 is 10.6 Å². The monoisotopic (exact) mass is 300 g/mol. The van der Waals surface area contributed by atoms with Crippen LogP contribution in [0.25, 0.3) is 0 Å². The minimum Gasteiger partial charge on any atom is -0.387 e. The minimum atomic E-state index is -0.671. The number of carbonyl (C=O) groups excluding carboxylic acids is 1. The fourth-order valence-corrected chi connectivity index (χ4v) is 1.76. The first-order valence-corrected chi connectivity index (χ1v) is 6.54. The molecule has 1 unspecified atom stereocenters. The van der Waals surface area contributed by atoms with Gasteiger partial charge in [0.15, 0.2) is 0 Å². The van der Waals surface area contributed by atoms with Crippen molar-refractivity contribution in [1.82, 2.24) is 10.6 Å². The molecule has 0 heterocycles. The Morgan fingerprint density at radius 3 is 2.25 bits per heavy atom. The van der Waals surface area contributed by atoms with Gasteiger partial charge in [0.25, 0.3) is 0 Å². The van der Waals surface area contributed by atoms with Gasteiger partial charge in [0.05, 0.1) is 12.6 Å². The molecule has 0 aliphatic rings. The summed E-state index contributed by atoms with van der Waals surface area (Å²) >= 11 is 0. The van der Waals surface area contributed by atoms with E-state index in [4.69, 9.17) is 0 Å². The normalized spacial score (nSPS) is 12.4. The first kappa shape index (κ1) is 18.9. The zero-order valence-corrected chi connectivity index (χ0v) is 13.4. The summed E-state index contributed by atoms with van der Waals surface area (Å²) in [5.74, 6) is -0.118. The molecule has 0 saturated carbocycles. The molecule has 0 saturated heterocycles. The molecule has 0 aromatic heterocycles. The molecule has 0 spiro atoms. The van der Waals surface area contributed by atoms with E-state index >= 15 is 0 Å². The number of likely N-dealkylation sites (N-methyl/N-ethyl adjacent to an activating group) is 1. The summed E-state index contributed by atoms with van der Waals surface area (Å²) in [5, 5.41) is 15.4. The molecule has 0 aliphatic heterocycles. The molecule has 0 radical (unpaired) electrons. The van der Waals surface area contributed by atoms with Gasteiger partial charge in [-0.2, -0.15) is 0 Å². The standard InChI is InChI=1S/C15H24N2O2.ClH/c1-15(2,3)12-7-5-11(6-8-12)13(18)9-17-14(19)10-16-4;/h5-8,13,16,18H,9-10H2,1-4H3,(H,17,19);1H. The second-order valence-corrected chi connectivity index (χ2v) is 5.72. The lowest BCUT2D eigenvalue weighted by Gasteiger charge is -2.20. The zero-order valence-electron chi connectivity index (χ0n) is 12.6. The van der Waals surface area contributed by atoms with Gasteiger partial charge in [0.1, 0.15) is 0 Å². The van der Waals surface area contributed by atoms with Crippen molar-refractivity contribution in [2.75, 3.05) is 20.1 Å². The Bertz CT molecular complexity index is 413. The van der Waals surface area contributed by atoms with Gasteiger partial charge in [-0.1, -0.05) is 45.0 Å². The first-order valence-electron chi connectivity index (χ1n) is 6.54. The van der Waals surface area contributed by atoms with Crippen LogP contribution in [0.3, 0.4) is 0 Å². The number of aliphatic hydroxyl groups is 1. The van der Waals surface area contributed by atoms with Gasteiger partial charge in [-0.3, -0.25) is 4.79 Å². The summed E-state index contributed by atoms with van der Waals surface area (Å²) in [6, 6.07) is 7.87. The zero-order chi connectivity index (χ0) is 14.5. The van der Waals surface area contributed by atoms with Crippen molar-refractivity contribution >= 4 is 18.3 Å². The van der Waals surface area contributed by atoms with Crippen molar-refractivity contribution in [3.8, 4) is 0 Å². The highest BCUT2D eigenvalue weighted by Crippen LogP contribution is 2.23. The number of carbonyl (C=O) groups is 1. The third-order valence-electron chi connectivity index (χ3n) is 2.99. The number of hydrogen-bond donors (Lipinski definition) is 3. The third kappa shape index (κ3) is 5.90. The molecule has 5 heteroatoms. The molecule has 4 nitrogen and oxygen atoms in total. The van der Waals surface area contributed by atoms with Crippen LogP contribution in [0.5, 0.6) is 0 Å². The van der Waals surface area contributed by atoms with Crippen molar-refractivity contribution < 1.29 is 9.90 Å². The van der Waals surface area contributed by atoms with Crippen molar-refractivity contribution in [3.63, 3.8) is 0 Å². The number of nitrogens with one attached hydrogen (secondary N) is 2. The fraction of sp³-hybridized carbons (Fsp3) is 0.533.